The Bertz CT molecular complexity index is 1210. The lowest BCUT2D eigenvalue weighted by Gasteiger charge is -2.36. The molecule has 3 rings (SSSR count). The van der Waals surface area contributed by atoms with E-state index in [2.05, 4.69) is 26.4 Å². The number of piperazine rings is 1. The molecule has 0 saturated carbocycles. The van der Waals surface area contributed by atoms with Gasteiger partial charge < -0.3 is 15.7 Å². The minimum Gasteiger partial charge on any atom is -0.480 e. The number of hydrogen-bond acceptors (Lipinski definition) is 6. The number of carboxylic acids is 1. The van der Waals surface area contributed by atoms with Crippen molar-refractivity contribution in [3.63, 3.8) is 0 Å². The van der Waals surface area contributed by atoms with E-state index in [1.807, 2.05) is 24.3 Å². The normalized spacial score (nSPS) is 15.4. The Hall–Kier alpha value is -3.46. The Kier molecular flexibility index (Phi) is 7.88. The van der Waals surface area contributed by atoms with Crippen molar-refractivity contribution in [3.05, 3.63) is 59.4 Å². The minimum absolute atomic E-state index is 0.154. The fourth-order valence-corrected chi connectivity index (χ4v) is 4.92. The third-order valence-electron chi connectivity index (χ3n) is 5.38. The van der Waals surface area contributed by atoms with Crippen molar-refractivity contribution in [3.8, 4) is 11.8 Å². The van der Waals surface area contributed by atoms with Gasteiger partial charge in [-0.15, -0.1) is 0 Å². The first-order chi connectivity index (χ1) is 16.1. The fourth-order valence-electron chi connectivity index (χ4n) is 3.44. The van der Waals surface area contributed by atoms with Gasteiger partial charge in [0.15, 0.2) is 0 Å². The van der Waals surface area contributed by atoms with Crippen molar-refractivity contribution in [2.24, 2.45) is 11.7 Å². The average Bonchev–Trinajstić information content (AvgIpc) is 2.81. The molecule has 0 unspecified atom stereocenters. The molecular weight excluding hydrogens is 458 g/mol. The first kappa shape index (κ1) is 25.2. The lowest BCUT2D eigenvalue weighted by atomic mass is 10.1. The molecule has 1 aliphatic heterocycles. The first-order valence-corrected chi connectivity index (χ1v) is 12.1. The Morgan fingerprint density at radius 3 is 2.24 bits per heavy atom. The summed E-state index contributed by atoms with van der Waals surface area (Å²) in [7, 11) is -3.90. The van der Waals surface area contributed by atoms with Crippen molar-refractivity contribution in [1.29, 1.82) is 0 Å². The van der Waals surface area contributed by atoms with Crippen LogP contribution >= 0.6 is 0 Å². The topological polar surface area (TPSA) is 146 Å². The number of nitrogens with two attached hydrogens (primary N) is 1. The highest BCUT2D eigenvalue weighted by Gasteiger charge is 2.32. The Labute approximate surface area is 199 Å². The largest absolute Gasteiger partial charge is 0.480 e. The Morgan fingerprint density at radius 2 is 1.68 bits per heavy atom. The average molecular weight is 486 g/mol. The molecule has 10 nitrogen and oxygen atoms in total. The number of anilines is 1. The number of carbonyl (C=O) groups excluding carboxylic acids is 1. The molecule has 0 bridgehead atoms. The van der Waals surface area contributed by atoms with Crippen LogP contribution in [0.1, 0.15) is 35.5 Å². The Morgan fingerprint density at radius 1 is 1.06 bits per heavy atom. The molecule has 1 amide bonds. The SMILES string of the molecule is CC(C)[C@@H](NS(=O)(=O)N1CCN(c2ccc(C#Cc3ccnc(C(N)=O)c3)cc2)CC1)C(=O)O. The van der Waals surface area contributed by atoms with Gasteiger partial charge in [0, 0.05) is 49.2 Å². The Balaban J connectivity index is 1.61. The van der Waals surface area contributed by atoms with Gasteiger partial charge in [0.1, 0.15) is 11.7 Å². The quantitative estimate of drug-likeness (QED) is 0.488. The summed E-state index contributed by atoms with van der Waals surface area (Å²) in [6.45, 7) is 4.74. The van der Waals surface area contributed by atoms with E-state index in [1.54, 1.807) is 19.9 Å². The molecular formula is C23H27N5O5S. The van der Waals surface area contributed by atoms with Crippen molar-refractivity contribution in [1.82, 2.24) is 14.0 Å². The molecule has 1 saturated heterocycles. The van der Waals surface area contributed by atoms with E-state index in [9.17, 15) is 23.1 Å². The molecule has 0 spiro atoms. The second kappa shape index (κ2) is 10.6. The summed E-state index contributed by atoms with van der Waals surface area (Å²) in [5.74, 6) is 3.82. The zero-order chi connectivity index (χ0) is 24.9. The number of aliphatic carboxylic acids is 1. The summed E-state index contributed by atoms with van der Waals surface area (Å²) in [5.41, 5.74) is 7.73. The highest BCUT2D eigenvalue weighted by atomic mass is 32.2. The zero-order valence-electron chi connectivity index (χ0n) is 18.9. The van der Waals surface area contributed by atoms with Crippen LogP contribution in [0.25, 0.3) is 0 Å². The molecule has 1 atom stereocenters. The van der Waals surface area contributed by atoms with Crippen LogP contribution in [0.4, 0.5) is 5.69 Å². The van der Waals surface area contributed by atoms with Crippen molar-refractivity contribution in [2.45, 2.75) is 19.9 Å². The minimum atomic E-state index is -3.90. The molecule has 34 heavy (non-hydrogen) atoms. The number of primary amides is 1. The van der Waals surface area contributed by atoms with Gasteiger partial charge >= 0.3 is 5.97 Å². The smallest absolute Gasteiger partial charge is 0.322 e. The van der Waals surface area contributed by atoms with Crippen LogP contribution < -0.4 is 15.4 Å². The van der Waals surface area contributed by atoms with E-state index in [4.69, 9.17) is 5.73 Å². The number of aromatic nitrogens is 1. The number of carbonyl (C=O) groups is 2. The summed E-state index contributed by atoms with van der Waals surface area (Å²) < 4.78 is 28.8. The number of carboxylic acid groups (broad SMARTS) is 1. The van der Waals surface area contributed by atoms with Crippen LogP contribution in [-0.4, -0.2) is 66.9 Å². The van der Waals surface area contributed by atoms with E-state index >= 15 is 0 Å². The van der Waals surface area contributed by atoms with Gasteiger partial charge in [0.05, 0.1) is 0 Å². The maximum Gasteiger partial charge on any atom is 0.322 e. The molecule has 2 heterocycles. The first-order valence-electron chi connectivity index (χ1n) is 10.7. The molecule has 1 aromatic carbocycles. The number of nitrogens with zero attached hydrogens (tertiary/aromatic N) is 3. The number of hydrogen-bond donors (Lipinski definition) is 3. The van der Waals surface area contributed by atoms with Gasteiger partial charge in [0.2, 0.25) is 0 Å². The highest BCUT2D eigenvalue weighted by Crippen LogP contribution is 2.18. The number of benzene rings is 1. The highest BCUT2D eigenvalue weighted by molar-refractivity contribution is 7.87. The van der Waals surface area contributed by atoms with Gasteiger partial charge in [-0.2, -0.15) is 17.4 Å². The maximum absolute atomic E-state index is 12.6. The van der Waals surface area contributed by atoms with E-state index in [1.165, 1.54) is 16.6 Å². The van der Waals surface area contributed by atoms with Gasteiger partial charge in [-0.3, -0.25) is 14.6 Å². The van der Waals surface area contributed by atoms with Crippen LogP contribution in [-0.2, 0) is 15.0 Å². The van der Waals surface area contributed by atoms with E-state index in [0.29, 0.717) is 18.7 Å². The molecule has 2 aromatic rings. The second-order valence-electron chi connectivity index (χ2n) is 8.16. The molecule has 0 radical (unpaired) electrons. The predicted octanol–water partition coefficient (Wildman–Crippen LogP) is 0.646. The lowest BCUT2D eigenvalue weighted by Crippen LogP contribution is -2.55. The number of amides is 1. The third-order valence-corrected chi connectivity index (χ3v) is 6.98. The van der Waals surface area contributed by atoms with E-state index < -0.39 is 28.1 Å². The van der Waals surface area contributed by atoms with Gasteiger partial charge in [-0.1, -0.05) is 25.7 Å². The van der Waals surface area contributed by atoms with Gasteiger partial charge in [0.25, 0.3) is 16.1 Å². The van der Waals surface area contributed by atoms with Crippen LogP contribution in [0.3, 0.4) is 0 Å². The second-order valence-corrected chi connectivity index (χ2v) is 9.86. The van der Waals surface area contributed by atoms with Crippen LogP contribution in [0.15, 0.2) is 42.6 Å². The van der Waals surface area contributed by atoms with Crippen molar-refractivity contribution in [2.75, 3.05) is 31.1 Å². The summed E-state index contributed by atoms with van der Waals surface area (Å²) >= 11 is 0. The molecule has 1 fully saturated rings. The van der Waals surface area contributed by atoms with Crippen LogP contribution in [0.2, 0.25) is 0 Å². The molecule has 0 aliphatic carbocycles. The number of nitrogens with one attached hydrogen (secondary N) is 1. The number of rotatable bonds is 7. The fraction of sp³-hybridized carbons (Fsp3) is 0.348. The standard InChI is InChI=1S/C23H27N5O5S/c1-16(2)21(23(30)31)26-34(32,33)28-13-11-27(12-14-28)19-7-5-17(6-8-19)3-4-18-9-10-25-20(15-18)22(24)29/h5-10,15-16,21,26H,11-14H2,1-2H3,(H2,24,29)(H,30,31)/t21-/m1/s1. The summed E-state index contributed by atoms with van der Waals surface area (Å²) in [5, 5.41) is 9.27. The van der Waals surface area contributed by atoms with Gasteiger partial charge in [-0.05, 0) is 42.3 Å². The molecule has 4 N–H and O–H groups in total. The van der Waals surface area contributed by atoms with Crippen molar-refractivity contribution < 1.29 is 23.1 Å². The monoisotopic (exact) mass is 485 g/mol. The molecule has 180 valence electrons. The molecule has 1 aromatic heterocycles. The summed E-state index contributed by atoms with van der Waals surface area (Å²) in [6, 6.07) is 9.60. The maximum atomic E-state index is 12.6. The molecule has 11 heteroatoms. The zero-order valence-corrected chi connectivity index (χ0v) is 19.7. The van der Waals surface area contributed by atoms with E-state index in [0.717, 1.165) is 11.3 Å². The van der Waals surface area contributed by atoms with Gasteiger partial charge in [-0.25, -0.2) is 0 Å². The van der Waals surface area contributed by atoms with Crippen LogP contribution in [0, 0.1) is 17.8 Å². The predicted molar refractivity (Wildman–Crippen MR) is 127 cm³/mol. The summed E-state index contributed by atoms with van der Waals surface area (Å²) in [6.07, 6.45) is 1.48. The number of pyridine rings is 1. The molecule has 1 aliphatic rings. The summed E-state index contributed by atoms with van der Waals surface area (Å²) in [4.78, 5) is 28.5. The van der Waals surface area contributed by atoms with Crippen LogP contribution in [0.5, 0.6) is 0 Å². The van der Waals surface area contributed by atoms with E-state index in [-0.39, 0.29) is 24.7 Å². The van der Waals surface area contributed by atoms with Crippen molar-refractivity contribution >= 4 is 27.8 Å². The lowest BCUT2D eigenvalue weighted by molar-refractivity contribution is -0.140. The third kappa shape index (κ3) is 6.32.